The normalized spacial score (nSPS) is 11.9. The second-order valence-corrected chi connectivity index (χ2v) is 3.73. The van der Waals surface area contributed by atoms with Gasteiger partial charge in [0.2, 0.25) is 0 Å². The van der Waals surface area contributed by atoms with E-state index in [4.69, 9.17) is 22.2 Å². The molecule has 1 rings (SSSR count). The average molecular weight is 226 g/mol. The fraction of sp³-hybridized carbons (Fsp3) is 0.400. The van der Waals surface area contributed by atoms with Gasteiger partial charge in [0.1, 0.15) is 0 Å². The summed E-state index contributed by atoms with van der Waals surface area (Å²) in [5, 5.41) is 13.2. The maximum atomic E-state index is 9.06. The number of aliphatic hydroxyl groups is 1. The summed E-state index contributed by atoms with van der Waals surface area (Å²) >= 11 is 5.75. The molecule has 5 heteroatoms. The van der Waals surface area contributed by atoms with E-state index in [2.05, 4.69) is 10.0 Å². The predicted molar refractivity (Wildman–Crippen MR) is 59.7 cm³/mol. The minimum Gasteiger partial charge on any atom is -0.396 e. The van der Waals surface area contributed by atoms with Crippen molar-refractivity contribution in [3.8, 4) is 0 Å². The molecular weight excluding hydrogens is 214 g/mol. The lowest BCUT2D eigenvalue weighted by Gasteiger charge is -2.10. The van der Waals surface area contributed by atoms with E-state index >= 15 is 0 Å². The minimum atomic E-state index is -0.0259. The van der Waals surface area contributed by atoms with E-state index in [0.29, 0.717) is 18.0 Å². The quantitative estimate of drug-likeness (QED) is 0.467. The van der Waals surface area contributed by atoms with Crippen LogP contribution in [-0.4, -0.2) is 18.3 Å². The smallest absolute Gasteiger partial charge is 0.0463 e. The molecule has 1 unspecified atom stereocenters. The predicted octanol–water partition coefficient (Wildman–Crippen LogP) is 2.80. The summed E-state index contributed by atoms with van der Waals surface area (Å²) in [4.78, 5) is 2.67. The van der Waals surface area contributed by atoms with E-state index in [9.17, 15) is 0 Å². The number of halogens is 1. The molecule has 0 radical (unpaired) electrons. The second kappa shape index (κ2) is 6.30. The fourth-order valence-electron chi connectivity index (χ4n) is 1.29. The Morgan fingerprint density at radius 1 is 1.40 bits per heavy atom. The molecule has 1 aromatic rings. The highest BCUT2D eigenvalue weighted by molar-refractivity contribution is 6.30. The van der Waals surface area contributed by atoms with E-state index in [1.165, 1.54) is 0 Å². The summed E-state index contributed by atoms with van der Waals surface area (Å²) < 4.78 is 0. The number of benzene rings is 1. The van der Waals surface area contributed by atoms with Gasteiger partial charge in [0.05, 0.1) is 0 Å². The lowest BCUT2D eigenvalue weighted by molar-refractivity contribution is 0.230. The second-order valence-electron chi connectivity index (χ2n) is 3.29. The largest absolute Gasteiger partial charge is 0.396 e. The number of hydrogen-bond acceptors (Lipinski definition) is 2. The van der Waals surface area contributed by atoms with Gasteiger partial charge in [-0.15, -0.1) is 0 Å². The number of nitrogens with zero attached hydrogens (tertiary/aromatic N) is 3. The topological polar surface area (TPSA) is 69.0 Å². The maximum absolute atomic E-state index is 9.06. The number of rotatable bonds is 5. The van der Waals surface area contributed by atoms with Gasteiger partial charge in [0.25, 0.3) is 0 Å². The zero-order chi connectivity index (χ0) is 11.1. The number of azide groups is 1. The Morgan fingerprint density at radius 3 is 2.60 bits per heavy atom. The SMILES string of the molecule is [N-]=[N+]=NCC(CO)Cc1ccc(Cl)cc1. The third-order valence-corrected chi connectivity index (χ3v) is 2.35. The average Bonchev–Trinajstić information content (AvgIpc) is 2.27. The molecule has 0 aliphatic rings. The molecule has 0 aliphatic carbocycles. The van der Waals surface area contributed by atoms with Crippen LogP contribution in [0, 0.1) is 5.92 Å². The molecular formula is C10H12ClN3O. The van der Waals surface area contributed by atoms with Crippen molar-refractivity contribution in [3.63, 3.8) is 0 Å². The van der Waals surface area contributed by atoms with Gasteiger partial charge in [-0.3, -0.25) is 0 Å². The van der Waals surface area contributed by atoms with Gasteiger partial charge < -0.3 is 5.11 Å². The molecule has 0 saturated heterocycles. The lowest BCUT2D eigenvalue weighted by atomic mass is 10.0. The number of aliphatic hydroxyl groups excluding tert-OH is 1. The van der Waals surface area contributed by atoms with E-state index in [-0.39, 0.29) is 12.5 Å². The molecule has 1 aromatic carbocycles. The van der Waals surface area contributed by atoms with Gasteiger partial charge >= 0.3 is 0 Å². The Labute approximate surface area is 93.1 Å². The van der Waals surface area contributed by atoms with Crippen molar-refractivity contribution < 1.29 is 5.11 Å². The van der Waals surface area contributed by atoms with Crippen molar-refractivity contribution >= 4 is 11.6 Å². The first-order chi connectivity index (χ1) is 7.26. The molecule has 0 saturated carbocycles. The first-order valence-corrected chi connectivity index (χ1v) is 5.00. The van der Waals surface area contributed by atoms with Crippen molar-refractivity contribution in [3.05, 3.63) is 45.3 Å². The minimum absolute atomic E-state index is 0.0155. The molecule has 4 nitrogen and oxygen atoms in total. The van der Waals surface area contributed by atoms with Crippen molar-refractivity contribution in [1.82, 2.24) is 0 Å². The Bertz CT molecular complexity index is 346. The van der Waals surface area contributed by atoms with Gasteiger partial charge in [-0.1, -0.05) is 28.8 Å². The maximum Gasteiger partial charge on any atom is 0.0463 e. The van der Waals surface area contributed by atoms with Crippen LogP contribution in [0.4, 0.5) is 0 Å². The molecule has 0 amide bonds. The van der Waals surface area contributed by atoms with Crippen LogP contribution < -0.4 is 0 Å². The molecule has 0 aromatic heterocycles. The lowest BCUT2D eigenvalue weighted by Crippen LogP contribution is -2.12. The molecule has 1 N–H and O–H groups in total. The molecule has 0 bridgehead atoms. The Morgan fingerprint density at radius 2 is 2.07 bits per heavy atom. The molecule has 80 valence electrons. The van der Waals surface area contributed by atoms with Gasteiger partial charge in [0.15, 0.2) is 0 Å². The Kier molecular flexibility index (Phi) is 4.98. The molecule has 15 heavy (non-hydrogen) atoms. The van der Waals surface area contributed by atoms with Crippen LogP contribution in [-0.2, 0) is 6.42 Å². The highest BCUT2D eigenvalue weighted by Gasteiger charge is 2.07. The summed E-state index contributed by atoms with van der Waals surface area (Å²) in [5.74, 6) is -0.0259. The fourth-order valence-corrected chi connectivity index (χ4v) is 1.42. The Hall–Kier alpha value is -1.22. The van der Waals surface area contributed by atoms with E-state index in [0.717, 1.165) is 5.56 Å². The van der Waals surface area contributed by atoms with Crippen LogP contribution in [0.3, 0.4) is 0 Å². The standard InChI is InChI=1S/C10H12ClN3O/c11-10-3-1-8(2-4-10)5-9(7-15)6-13-14-12/h1-4,9,15H,5-7H2. The Balaban J connectivity index is 2.58. The van der Waals surface area contributed by atoms with Crippen LogP contribution in [0.5, 0.6) is 0 Å². The van der Waals surface area contributed by atoms with Crippen LogP contribution in [0.1, 0.15) is 5.56 Å². The third-order valence-electron chi connectivity index (χ3n) is 2.10. The van der Waals surface area contributed by atoms with E-state index in [1.54, 1.807) is 12.1 Å². The first kappa shape index (κ1) is 11.9. The summed E-state index contributed by atoms with van der Waals surface area (Å²) in [6.07, 6.45) is 0.687. The van der Waals surface area contributed by atoms with Gasteiger partial charge in [-0.05, 0) is 35.6 Å². The van der Waals surface area contributed by atoms with E-state index < -0.39 is 0 Å². The van der Waals surface area contributed by atoms with Crippen LogP contribution in [0.25, 0.3) is 10.4 Å². The van der Waals surface area contributed by atoms with Crippen molar-refractivity contribution in [2.45, 2.75) is 6.42 Å². The zero-order valence-electron chi connectivity index (χ0n) is 8.17. The number of hydrogen-bond donors (Lipinski definition) is 1. The van der Waals surface area contributed by atoms with Gasteiger partial charge in [-0.2, -0.15) is 0 Å². The summed E-state index contributed by atoms with van der Waals surface area (Å²) in [6, 6.07) is 7.42. The van der Waals surface area contributed by atoms with Crippen molar-refractivity contribution in [1.29, 1.82) is 0 Å². The summed E-state index contributed by atoms with van der Waals surface area (Å²) in [6.45, 7) is 0.331. The molecule has 0 spiro atoms. The summed E-state index contributed by atoms with van der Waals surface area (Å²) in [7, 11) is 0. The highest BCUT2D eigenvalue weighted by Crippen LogP contribution is 2.13. The van der Waals surface area contributed by atoms with Crippen LogP contribution in [0.2, 0.25) is 5.02 Å². The summed E-state index contributed by atoms with van der Waals surface area (Å²) in [5.41, 5.74) is 9.25. The molecule has 0 fully saturated rings. The highest BCUT2D eigenvalue weighted by atomic mass is 35.5. The van der Waals surface area contributed by atoms with Crippen LogP contribution >= 0.6 is 11.6 Å². The third kappa shape index (κ3) is 4.21. The van der Waals surface area contributed by atoms with Crippen molar-refractivity contribution in [2.75, 3.05) is 13.2 Å². The van der Waals surface area contributed by atoms with E-state index in [1.807, 2.05) is 12.1 Å². The zero-order valence-corrected chi connectivity index (χ0v) is 8.93. The van der Waals surface area contributed by atoms with Crippen LogP contribution in [0.15, 0.2) is 29.4 Å². The molecule has 0 aliphatic heterocycles. The monoisotopic (exact) mass is 225 g/mol. The molecule has 0 heterocycles. The molecule has 1 atom stereocenters. The van der Waals surface area contributed by atoms with Gasteiger partial charge in [0, 0.05) is 23.1 Å². The first-order valence-electron chi connectivity index (χ1n) is 4.62. The van der Waals surface area contributed by atoms with Crippen molar-refractivity contribution in [2.24, 2.45) is 11.0 Å². The van der Waals surface area contributed by atoms with Gasteiger partial charge in [-0.25, -0.2) is 0 Å².